The van der Waals surface area contributed by atoms with Crippen LogP contribution in [-0.4, -0.2) is 12.5 Å². The number of hydrogen-bond acceptors (Lipinski definition) is 2. The molecule has 1 N–H and O–H groups in total. The Hall–Kier alpha value is -1.81. The molecule has 2 rings (SSSR count). The molecular weight excluding hydrogens is 306 g/mol. The van der Waals surface area contributed by atoms with Crippen molar-refractivity contribution in [2.24, 2.45) is 0 Å². The molecule has 0 spiro atoms. The van der Waals surface area contributed by atoms with Gasteiger partial charge in [0, 0.05) is 10.2 Å². The van der Waals surface area contributed by atoms with Gasteiger partial charge in [-0.3, -0.25) is 4.79 Å². The topological polar surface area (TPSA) is 38.3 Å². The third-order valence-corrected chi connectivity index (χ3v) is 3.05. The van der Waals surface area contributed by atoms with Crippen LogP contribution in [0.5, 0.6) is 5.75 Å². The third-order valence-electron chi connectivity index (χ3n) is 2.52. The predicted octanol–water partition coefficient (Wildman–Crippen LogP) is 3.78. The summed E-state index contributed by atoms with van der Waals surface area (Å²) in [6, 6.07) is 15.0. The largest absolute Gasteiger partial charge is 0.484 e. The highest BCUT2D eigenvalue weighted by Crippen LogP contribution is 2.16. The Labute approximate surface area is 120 Å². The van der Waals surface area contributed by atoms with Gasteiger partial charge in [-0.2, -0.15) is 0 Å². The zero-order valence-electron chi connectivity index (χ0n) is 10.5. The average Bonchev–Trinajstić information content (AvgIpc) is 2.41. The first-order valence-electron chi connectivity index (χ1n) is 5.88. The highest BCUT2D eigenvalue weighted by Gasteiger charge is 2.03. The average molecular weight is 320 g/mol. The van der Waals surface area contributed by atoms with Gasteiger partial charge in [0.05, 0.1) is 0 Å². The quantitative estimate of drug-likeness (QED) is 0.931. The molecule has 0 heterocycles. The van der Waals surface area contributed by atoms with Crippen LogP contribution in [0.3, 0.4) is 0 Å². The highest BCUT2D eigenvalue weighted by molar-refractivity contribution is 9.10. The molecule has 0 unspecified atom stereocenters. The molecule has 2 aromatic rings. The predicted molar refractivity (Wildman–Crippen MR) is 79.4 cm³/mol. The molecule has 0 saturated carbocycles. The summed E-state index contributed by atoms with van der Waals surface area (Å²) in [5.74, 6) is 0.494. The van der Waals surface area contributed by atoms with Crippen molar-refractivity contribution in [3.05, 3.63) is 58.6 Å². The summed E-state index contributed by atoms with van der Waals surface area (Å²) < 4.78 is 6.36. The summed E-state index contributed by atoms with van der Waals surface area (Å²) in [7, 11) is 0. The maximum atomic E-state index is 11.7. The lowest BCUT2D eigenvalue weighted by atomic mass is 10.2. The molecule has 0 radical (unpaired) electrons. The van der Waals surface area contributed by atoms with Gasteiger partial charge in [0.1, 0.15) is 5.75 Å². The smallest absolute Gasteiger partial charge is 0.262 e. The number of ether oxygens (including phenoxy) is 1. The second-order valence-corrected chi connectivity index (χ2v) is 5.07. The summed E-state index contributed by atoms with van der Waals surface area (Å²) in [6.07, 6.45) is 0. The van der Waals surface area contributed by atoms with Crippen molar-refractivity contribution in [1.29, 1.82) is 0 Å². The molecule has 0 aromatic heterocycles. The number of benzene rings is 2. The van der Waals surface area contributed by atoms with Crippen molar-refractivity contribution < 1.29 is 9.53 Å². The fourth-order valence-corrected chi connectivity index (χ4v) is 1.78. The lowest BCUT2D eigenvalue weighted by molar-refractivity contribution is -0.118. The normalized spacial score (nSPS) is 10.0. The molecule has 0 aliphatic rings. The second kappa shape index (κ2) is 6.38. The van der Waals surface area contributed by atoms with E-state index in [-0.39, 0.29) is 12.5 Å². The van der Waals surface area contributed by atoms with Crippen molar-refractivity contribution in [2.45, 2.75) is 6.92 Å². The Bertz CT molecular complexity index is 549. The molecule has 0 fully saturated rings. The SMILES string of the molecule is Cc1ccc(NC(=O)COc2ccc(Br)cc2)cc1. The number of amides is 1. The zero-order chi connectivity index (χ0) is 13.7. The van der Waals surface area contributed by atoms with Gasteiger partial charge in [0.25, 0.3) is 5.91 Å². The number of nitrogens with one attached hydrogen (secondary N) is 1. The van der Waals surface area contributed by atoms with Gasteiger partial charge >= 0.3 is 0 Å². The van der Waals surface area contributed by atoms with Gasteiger partial charge < -0.3 is 10.1 Å². The molecular formula is C15H14BrNO2. The van der Waals surface area contributed by atoms with Crippen molar-refractivity contribution in [3.63, 3.8) is 0 Å². The van der Waals surface area contributed by atoms with Crippen molar-refractivity contribution in [3.8, 4) is 5.75 Å². The molecule has 0 saturated heterocycles. The summed E-state index contributed by atoms with van der Waals surface area (Å²) >= 11 is 3.34. The molecule has 4 heteroatoms. The maximum absolute atomic E-state index is 11.7. The van der Waals surface area contributed by atoms with E-state index in [0.29, 0.717) is 5.75 Å². The van der Waals surface area contributed by atoms with E-state index in [4.69, 9.17) is 4.74 Å². The van der Waals surface area contributed by atoms with Crippen LogP contribution in [0.1, 0.15) is 5.56 Å². The molecule has 98 valence electrons. The second-order valence-electron chi connectivity index (χ2n) is 4.16. The van der Waals surface area contributed by atoms with E-state index in [2.05, 4.69) is 21.2 Å². The molecule has 0 bridgehead atoms. The molecule has 2 aromatic carbocycles. The van der Waals surface area contributed by atoms with E-state index in [0.717, 1.165) is 15.7 Å². The highest BCUT2D eigenvalue weighted by atomic mass is 79.9. The first-order chi connectivity index (χ1) is 9.13. The fraction of sp³-hybridized carbons (Fsp3) is 0.133. The van der Waals surface area contributed by atoms with Crippen LogP contribution in [-0.2, 0) is 4.79 Å². The third kappa shape index (κ3) is 4.41. The van der Waals surface area contributed by atoms with Crippen LogP contribution in [0.15, 0.2) is 53.0 Å². The minimum atomic E-state index is -0.174. The van der Waals surface area contributed by atoms with Crippen molar-refractivity contribution >= 4 is 27.5 Å². The number of halogens is 1. The lowest BCUT2D eigenvalue weighted by Crippen LogP contribution is -2.20. The number of carbonyl (C=O) groups excluding carboxylic acids is 1. The Morgan fingerprint density at radius 2 is 1.74 bits per heavy atom. The first kappa shape index (κ1) is 13.6. The van der Waals surface area contributed by atoms with Gasteiger partial charge in [-0.25, -0.2) is 0 Å². The van der Waals surface area contributed by atoms with Crippen LogP contribution < -0.4 is 10.1 Å². The molecule has 1 amide bonds. The summed E-state index contributed by atoms with van der Waals surface area (Å²) in [5, 5.41) is 2.78. The fourth-order valence-electron chi connectivity index (χ4n) is 1.51. The standard InChI is InChI=1S/C15H14BrNO2/c1-11-2-6-13(7-3-11)17-15(18)10-19-14-8-4-12(16)5-9-14/h2-9H,10H2,1H3,(H,17,18). The van der Waals surface area contributed by atoms with Gasteiger partial charge in [-0.1, -0.05) is 33.6 Å². The maximum Gasteiger partial charge on any atom is 0.262 e. The number of rotatable bonds is 4. The molecule has 0 aliphatic heterocycles. The zero-order valence-corrected chi connectivity index (χ0v) is 12.1. The number of carbonyl (C=O) groups is 1. The minimum absolute atomic E-state index is 0.00446. The number of aryl methyl sites for hydroxylation is 1. The van der Waals surface area contributed by atoms with E-state index in [1.807, 2.05) is 55.5 Å². The minimum Gasteiger partial charge on any atom is -0.484 e. The molecule has 19 heavy (non-hydrogen) atoms. The molecule has 0 atom stereocenters. The van der Waals surface area contributed by atoms with Gasteiger partial charge in [0.2, 0.25) is 0 Å². The first-order valence-corrected chi connectivity index (χ1v) is 6.68. The van der Waals surface area contributed by atoms with Crippen LogP contribution in [0.4, 0.5) is 5.69 Å². The van der Waals surface area contributed by atoms with Crippen LogP contribution >= 0.6 is 15.9 Å². The lowest BCUT2D eigenvalue weighted by Gasteiger charge is -2.07. The van der Waals surface area contributed by atoms with E-state index in [1.165, 1.54) is 0 Å². The molecule has 0 aliphatic carbocycles. The van der Waals surface area contributed by atoms with Gasteiger partial charge in [-0.05, 0) is 43.3 Å². The Balaban J connectivity index is 1.84. The van der Waals surface area contributed by atoms with E-state index < -0.39 is 0 Å². The summed E-state index contributed by atoms with van der Waals surface area (Å²) in [4.78, 5) is 11.7. The van der Waals surface area contributed by atoms with E-state index in [9.17, 15) is 4.79 Å². The summed E-state index contributed by atoms with van der Waals surface area (Å²) in [5.41, 5.74) is 1.93. The van der Waals surface area contributed by atoms with Crippen LogP contribution in [0, 0.1) is 6.92 Å². The van der Waals surface area contributed by atoms with Crippen molar-refractivity contribution in [1.82, 2.24) is 0 Å². The Kier molecular flexibility index (Phi) is 4.58. The number of anilines is 1. The van der Waals surface area contributed by atoms with E-state index in [1.54, 1.807) is 0 Å². The summed E-state index contributed by atoms with van der Waals surface area (Å²) in [6.45, 7) is 2.00. The Morgan fingerprint density at radius 1 is 1.11 bits per heavy atom. The Morgan fingerprint density at radius 3 is 2.37 bits per heavy atom. The monoisotopic (exact) mass is 319 g/mol. The number of hydrogen-bond donors (Lipinski definition) is 1. The van der Waals surface area contributed by atoms with E-state index >= 15 is 0 Å². The van der Waals surface area contributed by atoms with Crippen LogP contribution in [0.2, 0.25) is 0 Å². The van der Waals surface area contributed by atoms with Gasteiger partial charge in [-0.15, -0.1) is 0 Å². The van der Waals surface area contributed by atoms with Crippen molar-refractivity contribution in [2.75, 3.05) is 11.9 Å². The van der Waals surface area contributed by atoms with Crippen LogP contribution in [0.25, 0.3) is 0 Å². The van der Waals surface area contributed by atoms with Gasteiger partial charge in [0.15, 0.2) is 6.61 Å². The molecule has 3 nitrogen and oxygen atoms in total.